The van der Waals surface area contributed by atoms with Gasteiger partial charge in [0.2, 0.25) is 0 Å². The van der Waals surface area contributed by atoms with Crippen molar-refractivity contribution in [2.75, 3.05) is 6.61 Å². The lowest BCUT2D eigenvalue weighted by Crippen LogP contribution is -2.14. The van der Waals surface area contributed by atoms with Gasteiger partial charge in [0.15, 0.2) is 0 Å². The lowest BCUT2D eigenvalue weighted by Gasteiger charge is -2.05. The van der Waals surface area contributed by atoms with E-state index in [2.05, 4.69) is 4.98 Å². The van der Waals surface area contributed by atoms with Gasteiger partial charge in [-0.15, -0.1) is 0 Å². The van der Waals surface area contributed by atoms with Crippen LogP contribution in [0.15, 0.2) is 24.5 Å². The van der Waals surface area contributed by atoms with Crippen LogP contribution in [0, 0.1) is 0 Å². The van der Waals surface area contributed by atoms with Crippen molar-refractivity contribution in [2.45, 2.75) is 12.2 Å². The minimum absolute atomic E-state index is 0.310. The predicted molar refractivity (Wildman–Crippen MR) is 54.2 cm³/mol. The van der Waals surface area contributed by atoms with E-state index in [1.807, 2.05) is 0 Å². The fourth-order valence-electron chi connectivity index (χ4n) is 1.45. The third kappa shape index (κ3) is 2.25. The molecule has 2 aromatic heterocycles. The molecule has 92 valence electrons. The van der Waals surface area contributed by atoms with Crippen LogP contribution in [0.2, 0.25) is 0 Å². The molecule has 17 heavy (non-hydrogen) atoms. The number of nitrogens with two attached hydrogens (primary N) is 1. The maximum atomic E-state index is 12.4. The maximum absolute atomic E-state index is 12.4. The van der Waals surface area contributed by atoms with E-state index in [4.69, 9.17) is 10.8 Å². The molecule has 1 atom stereocenters. The summed E-state index contributed by atoms with van der Waals surface area (Å²) in [7, 11) is 0. The molecule has 1 unspecified atom stereocenters. The van der Waals surface area contributed by atoms with Crippen molar-refractivity contribution in [3.63, 3.8) is 0 Å². The van der Waals surface area contributed by atoms with Gasteiger partial charge in [0.25, 0.3) is 0 Å². The number of aromatic nitrogens is 2. The molecule has 3 N–H and O–H groups in total. The number of hydrogen-bond donors (Lipinski definition) is 2. The third-order valence-corrected chi connectivity index (χ3v) is 2.37. The van der Waals surface area contributed by atoms with E-state index in [-0.39, 0.29) is 6.61 Å². The molecule has 0 amide bonds. The minimum atomic E-state index is -4.39. The van der Waals surface area contributed by atoms with Crippen molar-refractivity contribution >= 4 is 5.65 Å². The molecule has 2 rings (SSSR count). The second-order valence-corrected chi connectivity index (χ2v) is 3.64. The largest absolute Gasteiger partial charge is 0.417 e. The summed E-state index contributed by atoms with van der Waals surface area (Å²) in [4.78, 5) is 4.02. The zero-order valence-corrected chi connectivity index (χ0v) is 8.65. The van der Waals surface area contributed by atoms with Gasteiger partial charge in [0, 0.05) is 12.4 Å². The molecule has 0 aliphatic carbocycles. The minimum Gasteiger partial charge on any atom is -0.394 e. The Kier molecular flexibility index (Phi) is 2.80. The first-order valence-electron chi connectivity index (χ1n) is 4.84. The van der Waals surface area contributed by atoms with Crippen LogP contribution in [-0.4, -0.2) is 21.1 Å². The number of aliphatic hydroxyl groups is 1. The number of alkyl halides is 3. The summed E-state index contributed by atoms with van der Waals surface area (Å²) in [5.41, 5.74) is 5.49. The summed E-state index contributed by atoms with van der Waals surface area (Å²) >= 11 is 0. The molecule has 0 aromatic carbocycles. The Balaban J connectivity index is 2.48. The lowest BCUT2D eigenvalue weighted by molar-refractivity contribution is -0.137. The highest BCUT2D eigenvalue weighted by atomic mass is 19.4. The van der Waals surface area contributed by atoms with Crippen LogP contribution in [0.3, 0.4) is 0 Å². The quantitative estimate of drug-likeness (QED) is 0.839. The SMILES string of the molecule is NC(CO)c1cn2cc(C(F)(F)F)ccc2n1. The Labute approximate surface area is 94.5 Å². The molecule has 0 spiro atoms. The maximum Gasteiger partial charge on any atom is 0.417 e. The number of halogens is 3. The standard InChI is InChI=1S/C10H10F3N3O/c11-10(12,13)6-1-2-9-15-8(7(14)5-17)4-16(9)3-6/h1-4,7,17H,5,14H2. The molecule has 7 heteroatoms. The van der Waals surface area contributed by atoms with Crippen LogP contribution in [-0.2, 0) is 6.18 Å². The van der Waals surface area contributed by atoms with Gasteiger partial charge in [-0.3, -0.25) is 0 Å². The summed E-state index contributed by atoms with van der Waals surface area (Å²) < 4.78 is 38.6. The summed E-state index contributed by atoms with van der Waals surface area (Å²) in [5.74, 6) is 0. The molecule has 0 aliphatic rings. The molecule has 2 heterocycles. The van der Waals surface area contributed by atoms with E-state index in [9.17, 15) is 13.2 Å². The van der Waals surface area contributed by atoms with Crippen LogP contribution in [0.4, 0.5) is 13.2 Å². The zero-order valence-electron chi connectivity index (χ0n) is 8.65. The van der Waals surface area contributed by atoms with Gasteiger partial charge in [-0.05, 0) is 12.1 Å². The Bertz CT molecular complexity index is 535. The predicted octanol–water partition coefficient (Wildman–Crippen LogP) is 1.35. The first kappa shape index (κ1) is 11.9. The van der Waals surface area contributed by atoms with E-state index in [0.29, 0.717) is 11.3 Å². The van der Waals surface area contributed by atoms with Crippen molar-refractivity contribution in [1.82, 2.24) is 9.38 Å². The second-order valence-electron chi connectivity index (χ2n) is 3.64. The third-order valence-electron chi connectivity index (χ3n) is 2.37. The average Bonchev–Trinajstić information content (AvgIpc) is 2.69. The number of fused-ring (bicyclic) bond motifs is 1. The monoisotopic (exact) mass is 245 g/mol. The summed E-state index contributed by atoms with van der Waals surface area (Å²) in [6.45, 7) is -0.310. The van der Waals surface area contributed by atoms with Crippen LogP contribution < -0.4 is 5.73 Å². The zero-order chi connectivity index (χ0) is 12.6. The fraction of sp³-hybridized carbons (Fsp3) is 0.300. The highest BCUT2D eigenvalue weighted by Gasteiger charge is 2.30. The van der Waals surface area contributed by atoms with Crippen molar-refractivity contribution in [3.8, 4) is 0 Å². The van der Waals surface area contributed by atoms with Crippen molar-refractivity contribution in [3.05, 3.63) is 35.8 Å². The smallest absolute Gasteiger partial charge is 0.394 e. The van der Waals surface area contributed by atoms with Crippen molar-refractivity contribution in [1.29, 1.82) is 0 Å². The molecule has 4 nitrogen and oxygen atoms in total. The van der Waals surface area contributed by atoms with E-state index in [1.165, 1.54) is 16.7 Å². The Morgan fingerprint density at radius 3 is 2.65 bits per heavy atom. The van der Waals surface area contributed by atoms with Gasteiger partial charge in [0.05, 0.1) is 23.9 Å². The van der Waals surface area contributed by atoms with Gasteiger partial charge in [0.1, 0.15) is 5.65 Å². The number of rotatable bonds is 2. The topological polar surface area (TPSA) is 63.5 Å². The van der Waals surface area contributed by atoms with Crippen molar-refractivity contribution in [2.24, 2.45) is 5.73 Å². The summed E-state index contributed by atoms with van der Waals surface area (Å²) in [5, 5.41) is 8.84. The first-order chi connectivity index (χ1) is 7.91. The van der Waals surface area contributed by atoms with Gasteiger partial charge in [-0.1, -0.05) is 0 Å². The second kappa shape index (κ2) is 4.01. The molecule has 0 saturated heterocycles. The molecular weight excluding hydrogens is 235 g/mol. The van der Waals surface area contributed by atoms with E-state index >= 15 is 0 Å². The van der Waals surface area contributed by atoms with Crippen LogP contribution in [0.5, 0.6) is 0 Å². The Morgan fingerprint density at radius 2 is 2.06 bits per heavy atom. The van der Waals surface area contributed by atoms with Gasteiger partial charge < -0.3 is 15.2 Å². The van der Waals surface area contributed by atoms with Gasteiger partial charge >= 0.3 is 6.18 Å². The summed E-state index contributed by atoms with van der Waals surface area (Å²) in [6, 6.07) is 1.52. The normalized spacial score (nSPS) is 14.2. The lowest BCUT2D eigenvalue weighted by atomic mass is 10.2. The highest BCUT2D eigenvalue weighted by Crippen LogP contribution is 2.29. The number of pyridine rings is 1. The van der Waals surface area contributed by atoms with Gasteiger partial charge in [-0.25, -0.2) is 4.98 Å². The van der Waals surface area contributed by atoms with E-state index in [1.54, 1.807) is 0 Å². The van der Waals surface area contributed by atoms with Gasteiger partial charge in [-0.2, -0.15) is 13.2 Å². The summed E-state index contributed by atoms with van der Waals surface area (Å²) in [6.07, 6.45) is -2.07. The Hall–Kier alpha value is -1.60. The highest BCUT2D eigenvalue weighted by molar-refractivity contribution is 5.42. The van der Waals surface area contributed by atoms with Crippen LogP contribution >= 0.6 is 0 Å². The van der Waals surface area contributed by atoms with Crippen LogP contribution in [0.25, 0.3) is 5.65 Å². The molecule has 0 aliphatic heterocycles. The van der Waals surface area contributed by atoms with Crippen LogP contribution in [0.1, 0.15) is 17.3 Å². The Morgan fingerprint density at radius 1 is 1.35 bits per heavy atom. The van der Waals surface area contributed by atoms with Crippen molar-refractivity contribution < 1.29 is 18.3 Å². The average molecular weight is 245 g/mol. The number of aliphatic hydroxyl groups excluding tert-OH is 1. The molecule has 0 bridgehead atoms. The van der Waals surface area contributed by atoms with E-state index < -0.39 is 17.8 Å². The molecular formula is C10H10F3N3O. The van der Waals surface area contributed by atoms with E-state index in [0.717, 1.165) is 12.3 Å². The molecule has 0 radical (unpaired) electrons. The first-order valence-corrected chi connectivity index (χ1v) is 4.84. The number of hydrogen-bond acceptors (Lipinski definition) is 3. The molecule has 2 aromatic rings. The molecule has 0 saturated carbocycles. The fourth-order valence-corrected chi connectivity index (χ4v) is 1.45. The number of nitrogens with zero attached hydrogens (tertiary/aromatic N) is 2. The number of imidazole rings is 1. The molecule has 0 fully saturated rings.